The molecule has 0 bridgehead atoms. The summed E-state index contributed by atoms with van der Waals surface area (Å²) < 4.78 is 7.37. The highest BCUT2D eigenvalue weighted by Crippen LogP contribution is 2.21. The van der Waals surface area contributed by atoms with Crippen LogP contribution in [0.5, 0.6) is 0 Å². The van der Waals surface area contributed by atoms with E-state index < -0.39 is 5.97 Å². The Labute approximate surface area is 171 Å². The molecule has 3 rings (SSSR count). The summed E-state index contributed by atoms with van der Waals surface area (Å²) in [6.07, 6.45) is 5.50. The summed E-state index contributed by atoms with van der Waals surface area (Å²) in [5, 5.41) is 0. The second kappa shape index (κ2) is 8.91. The Morgan fingerprint density at radius 2 is 2.07 bits per heavy atom. The van der Waals surface area contributed by atoms with Gasteiger partial charge in [0.15, 0.2) is 4.80 Å². The Kier molecular flexibility index (Phi) is 6.34. The lowest BCUT2D eigenvalue weighted by molar-refractivity contribution is 0.0601. The van der Waals surface area contributed by atoms with Crippen LogP contribution in [-0.2, 0) is 11.3 Å². The molecule has 0 fully saturated rings. The molecule has 7 heteroatoms. The second-order valence-electron chi connectivity index (χ2n) is 5.73. The minimum atomic E-state index is -0.418. The van der Waals surface area contributed by atoms with Crippen molar-refractivity contribution in [2.24, 2.45) is 4.99 Å². The highest BCUT2D eigenvalue weighted by atomic mass is 32.2. The molecule has 1 aromatic heterocycles. The average molecular weight is 411 g/mol. The fraction of sp³-hybridized carbons (Fsp3) is 0.190. The maximum absolute atomic E-state index is 12.7. The summed E-state index contributed by atoms with van der Waals surface area (Å²) in [7, 11) is 1.34. The van der Waals surface area contributed by atoms with Crippen molar-refractivity contribution in [3.63, 3.8) is 0 Å². The van der Waals surface area contributed by atoms with Gasteiger partial charge in [-0.25, -0.2) is 4.79 Å². The lowest BCUT2D eigenvalue weighted by Gasteiger charge is -2.02. The molecule has 2 aromatic carbocycles. The maximum atomic E-state index is 12.7. The van der Waals surface area contributed by atoms with Crippen molar-refractivity contribution in [2.75, 3.05) is 12.9 Å². The van der Waals surface area contributed by atoms with Gasteiger partial charge in [0.25, 0.3) is 5.91 Å². The summed E-state index contributed by atoms with van der Waals surface area (Å²) >= 11 is 2.98. The number of esters is 1. The smallest absolute Gasteiger partial charge is 0.337 e. The van der Waals surface area contributed by atoms with Crippen LogP contribution in [-0.4, -0.2) is 29.3 Å². The van der Waals surface area contributed by atoms with Crippen molar-refractivity contribution in [2.45, 2.75) is 18.4 Å². The van der Waals surface area contributed by atoms with Crippen molar-refractivity contribution in [3.05, 3.63) is 58.4 Å². The van der Waals surface area contributed by atoms with Gasteiger partial charge in [0.2, 0.25) is 0 Å². The number of carbonyl (C=O) groups excluding carboxylic acids is 2. The number of aromatic nitrogens is 1. The summed E-state index contributed by atoms with van der Waals surface area (Å²) in [6.45, 7) is 2.33. The van der Waals surface area contributed by atoms with E-state index in [1.54, 1.807) is 40.6 Å². The molecular weight excluding hydrogens is 392 g/mol. The van der Waals surface area contributed by atoms with Crippen molar-refractivity contribution in [1.29, 1.82) is 0 Å². The highest BCUT2D eigenvalue weighted by molar-refractivity contribution is 7.99. The first-order valence-corrected chi connectivity index (χ1v) is 10.3. The highest BCUT2D eigenvalue weighted by Gasteiger charge is 2.12. The summed E-state index contributed by atoms with van der Waals surface area (Å²) in [4.78, 5) is 30.3. The minimum absolute atomic E-state index is 0.273. The van der Waals surface area contributed by atoms with E-state index >= 15 is 0 Å². The molecular formula is C21H18N2O3S2. The van der Waals surface area contributed by atoms with Crippen LogP contribution < -0.4 is 4.80 Å². The molecule has 0 aliphatic heterocycles. The van der Waals surface area contributed by atoms with E-state index in [1.807, 2.05) is 18.2 Å². The predicted octanol–water partition coefficient (Wildman–Crippen LogP) is 3.98. The second-order valence-corrected chi connectivity index (χ2v) is 8.07. The third-order valence-electron chi connectivity index (χ3n) is 3.94. The van der Waals surface area contributed by atoms with Crippen LogP contribution in [0.3, 0.4) is 0 Å². The SMILES string of the molecule is C#CCn1c(=NC(=O)c2cccc(SCC)c2)sc2cc(C(=O)OC)ccc21. The molecule has 0 aliphatic rings. The first-order valence-electron chi connectivity index (χ1n) is 8.54. The van der Waals surface area contributed by atoms with Crippen molar-refractivity contribution in [3.8, 4) is 12.3 Å². The Morgan fingerprint density at radius 1 is 1.25 bits per heavy atom. The monoisotopic (exact) mass is 410 g/mol. The maximum Gasteiger partial charge on any atom is 0.337 e. The fourth-order valence-electron chi connectivity index (χ4n) is 2.68. The molecule has 0 spiro atoms. The molecule has 0 saturated carbocycles. The molecule has 142 valence electrons. The van der Waals surface area contributed by atoms with E-state index in [0.29, 0.717) is 15.9 Å². The summed E-state index contributed by atoms with van der Waals surface area (Å²) in [5.74, 6) is 2.77. The predicted molar refractivity (Wildman–Crippen MR) is 113 cm³/mol. The molecule has 0 N–H and O–H groups in total. The van der Waals surface area contributed by atoms with Gasteiger partial charge < -0.3 is 9.30 Å². The number of fused-ring (bicyclic) bond motifs is 1. The summed E-state index contributed by atoms with van der Waals surface area (Å²) in [6, 6.07) is 12.6. The van der Waals surface area contributed by atoms with Gasteiger partial charge in [0, 0.05) is 10.5 Å². The number of methoxy groups -OCH3 is 1. The van der Waals surface area contributed by atoms with Gasteiger partial charge in [-0.15, -0.1) is 18.2 Å². The third kappa shape index (κ3) is 4.19. The zero-order valence-corrected chi connectivity index (χ0v) is 17.1. The number of terminal acetylenes is 1. The molecule has 1 amide bonds. The van der Waals surface area contributed by atoms with Gasteiger partial charge in [-0.2, -0.15) is 4.99 Å². The molecule has 0 radical (unpaired) electrons. The number of ether oxygens (including phenoxy) is 1. The van der Waals surface area contributed by atoms with Crippen LogP contribution >= 0.6 is 23.1 Å². The Hall–Kier alpha value is -2.82. The lowest BCUT2D eigenvalue weighted by Crippen LogP contribution is -2.16. The van der Waals surface area contributed by atoms with Gasteiger partial charge in [0.05, 0.1) is 29.4 Å². The van der Waals surface area contributed by atoms with E-state index in [2.05, 4.69) is 17.8 Å². The minimum Gasteiger partial charge on any atom is -0.465 e. The number of hydrogen-bond acceptors (Lipinski definition) is 5. The van der Waals surface area contributed by atoms with Crippen LogP contribution in [0, 0.1) is 12.3 Å². The van der Waals surface area contributed by atoms with E-state index in [-0.39, 0.29) is 12.5 Å². The van der Waals surface area contributed by atoms with Crippen molar-refractivity contribution in [1.82, 2.24) is 4.57 Å². The number of thioether (sulfide) groups is 1. The molecule has 28 heavy (non-hydrogen) atoms. The zero-order chi connectivity index (χ0) is 20.1. The summed E-state index contributed by atoms with van der Waals surface area (Å²) in [5.41, 5.74) is 1.78. The molecule has 0 atom stereocenters. The van der Waals surface area contributed by atoms with E-state index in [0.717, 1.165) is 20.9 Å². The Bertz CT molecular complexity index is 1150. The van der Waals surface area contributed by atoms with Crippen LogP contribution in [0.2, 0.25) is 0 Å². The number of benzene rings is 2. The zero-order valence-electron chi connectivity index (χ0n) is 15.5. The van der Waals surface area contributed by atoms with Crippen LogP contribution in [0.4, 0.5) is 0 Å². The van der Waals surface area contributed by atoms with E-state index in [9.17, 15) is 9.59 Å². The van der Waals surface area contributed by atoms with E-state index in [1.165, 1.54) is 18.4 Å². The number of hydrogen-bond donors (Lipinski definition) is 0. The lowest BCUT2D eigenvalue weighted by atomic mass is 10.2. The molecule has 0 unspecified atom stereocenters. The van der Waals surface area contributed by atoms with E-state index in [4.69, 9.17) is 11.2 Å². The van der Waals surface area contributed by atoms with Crippen LogP contribution in [0.25, 0.3) is 10.2 Å². The van der Waals surface area contributed by atoms with Gasteiger partial charge in [-0.05, 0) is 42.2 Å². The van der Waals surface area contributed by atoms with Gasteiger partial charge in [-0.3, -0.25) is 4.79 Å². The first kappa shape index (κ1) is 19.9. The largest absolute Gasteiger partial charge is 0.465 e. The molecule has 0 aliphatic carbocycles. The van der Waals surface area contributed by atoms with Crippen molar-refractivity contribution >= 4 is 45.2 Å². The fourth-order valence-corrected chi connectivity index (χ4v) is 4.47. The number of carbonyl (C=O) groups is 2. The van der Waals surface area contributed by atoms with Gasteiger partial charge in [0.1, 0.15) is 0 Å². The standard InChI is InChI=1S/C21H18N2O3S2/c1-4-11-23-17-10-9-15(20(25)26-3)13-18(17)28-21(23)22-19(24)14-7-6-8-16(12-14)27-5-2/h1,6-10,12-13H,5,11H2,2-3H3. The Morgan fingerprint density at radius 3 is 2.79 bits per heavy atom. The molecule has 1 heterocycles. The van der Waals surface area contributed by atoms with Crippen LogP contribution in [0.15, 0.2) is 52.4 Å². The van der Waals surface area contributed by atoms with Crippen molar-refractivity contribution < 1.29 is 14.3 Å². The number of nitrogens with zero attached hydrogens (tertiary/aromatic N) is 2. The van der Waals surface area contributed by atoms with Gasteiger partial charge >= 0.3 is 5.97 Å². The number of thiazole rings is 1. The third-order valence-corrected chi connectivity index (χ3v) is 5.86. The van der Waals surface area contributed by atoms with Gasteiger partial charge in [-0.1, -0.05) is 30.2 Å². The normalized spacial score (nSPS) is 11.4. The van der Waals surface area contributed by atoms with Crippen LogP contribution in [0.1, 0.15) is 27.6 Å². The molecule has 5 nitrogen and oxygen atoms in total. The Balaban J connectivity index is 2.09. The number of amides is 1. The quantitative estimate of drug-likeness (QED) is 0.363. The molecule has 3 aromatic rings. The average Bonchev–Trinajstić information content (AvgIpc) is 3.04. The first-order chi connectivity index (χ1) is 13.6. The topological polar surface area (TPSA) is 60.7 Å². The number of rotatable bonds is 5. The molecule has 0 saturated heterocycles.